The molecule has 0 saturated carbocycles. The van der Waals surface area contributed by atoms with Crippen LogP contribution in [0.25, 0.3) is 16.9 Å². The quantitative estimate of drug-likeness (QED) is 0.0857. The zero-order valence-corrected chi connectivity index (χ0v) is 32.0. The van der Waals surface area contributed by atoms with E-state index in [0.29, 0.717) is 11.3 Å². The number of anilines is 6. The number of aromatic nitrogens is 4. The second kappa shape index (κ2) is 16.2. The molecule has 0 bridgehead atoms. The van der Waals surface area contributed by atoms with E-state index in [0.717, 1.165) is 54.8 Å². The van der Waals surface area contributed by atoms with E-state index in [-0.39, 0.29) is 25.7 Å². The van der Waals surface area contributed by atoms with Gasteiger partial charge in [-0.3, -0.25) is 9.97 Å². The molecule has 4 aromatic carbocycles. The van der Waals surface area contributed by atoms with Crippen LogP contribution in [0.15, 0.2) is 116 Å². The molecule has 7 aromatic rings. The molecule has 0 saturated heterocycles. The molecular weight excluding hydrogens is 859 g/mol. The van der Waals surface area contributed by atoms with Crippen molar-refractivity contribution in [1.82, 2.24) is 19.4 Å². The SMILES string of the molecule is Cc1nc2c(-c3[c-]cc(F)nc3F)nccn2c1C.[Ir].[c-]1ccccc1N1[CH-]N(CCCCN2[CH-]N(c3[c-]cccc3)c3ccccc32)c2ccccc21. The van der Waals surface area contributed by atoms with Gasteiger partial charge in [-0.05, 0) is 64.0 Å². The van der Waals surface area contributed by atoms with E-state index in [1.54, 1.807) is 10.6 Å². The summed E-state index contributed by atoms with van der Waals surface area (Å²) < 4.78 is 28.3. The van der Waals surface area contributed by atoms with Crippen LogP contribution >= 0.6 is 0 Å². The second-order valence-electron chi connectivity index (χ2n) is 12.7. The zero-order valence-electron chi connectivity index (χ0n) is 29.6. The van der Waals surface area contributed by atoms with Crippen molar-refractivity contribution in [2.75, 3.05) is 32.7 Å². The van der Waals surface area contributed by atoms with Gasteiger partial charge in [0.1, 0.15) is 17.5 Å². The third-order valence-electron chi connectivity index (χ3n) is 9.37. The van der Waals surface area contributed by atoms with E-state index in [2.05, 4.69) is 139 Å². The van der Waals surface area contributed by atoms with Gasteiger partial charge in [0.25, 0.3) is 0 Å². The van der Waals surface area contributed by atoms with Crippen molar-refractivity contribution in [3.8, 4) is 11.3 Å². The first-order chi connectivity index (χ1) is 26.0. The van der Waals surface area contributed by atoms with E-state index in [9.17, 15) is 8.78 Å². The van der Waals surface area contributed by atoms with E-state index in [1.165, 1.54) is 28.9 Å². The standard InChI is InChI=1S/C30H26N4.C13H9F2N4.Ir/c1-3-13-25(14-4-1)33-23-31(27-17-7-9-19-29(27)33)21-11-12-22-32-24-34(26-15-5-2-6-16-26)30-20-10-8-18-28(30)32;1-7-8(2)19-6-5-16-11(13(19)17-7)9-3-4-10(14)18-12(9)15;/h1-10,13,15,17-20,23-24H,11-12,21-22H2;4-6H,1-2H3;/q-4;-1;. The normalized spacial score (nSPS) is 13.0. The summed E-state index contributed by atoms with van der Waals surface area (Å²) >= 11 is 0. The number of hydrogen-bond donors (Lipinski definition) is 0. The van der Waals surface area contributed by atoms with Crippen LogP contribution in [-0.2, 0) is 20.1 Å². The zero-order chi connectivity index (χ0) is 36.3. The summed E-state index contributed by atoms with van der Waals surface area (Å²) in [6.07, 6.45) is 5.47. The topological polar surface area (TPSA) is 56.0 Å². The van der Waals surface area contributed by atoms with Gasteiger partial charge in [0.15, 0.2) is 0 Å². The van der Waals surface area contributed by atoms with Gasteiger partial charge in [0.05, 0.1) is 5.69 Å². The van der Waals surface area contributed by atoms with E-state index < -0.39 is 11.9 Å². The molecule has 11 heteroatoms. The number of fused-ring (bicyclic) bond motifs is 3. The number of unbranched alkanes of at least 4 members (excludes halogenated alkanes) is 1. The van der Waals surface area contributed by atoms with Crippen LogP contribution < -0.4 is 19.6 Å². The van der Waals surface area contributed by atoms with Gasteiger partial charge in [-0.25, -0.2) is 13.8 Å². The molecule has 54 heavy (non-hydrogen) atoms. The maximum Gasteiger partial charge on any atom is 0.128 e. The first-order valence-corrected chi connectivity index (χ1v) is 17.4. The first-order valence-electron chi connectivity index (χ1n) is 17.4. The molecule has 0 aliphatic carbocycles. The Morgan fingerprint density at radius 2 is 1.20 bits per heavy atom. The molecule has 3 aromatic heterocycles. The fourth-order valence-corrected chi connectivity index (χ4v) is 6.65. The summed E-state index contributed by atoms with van der Waals surface area (Å²) in [5, 5.41) is 0. The van der Waals surface area contributed by atoms with Gasteiger partial charge in [-0.2, -0.15) is 74.0 Å². The minimum atomic E-state index is -0.945. The summed E-state index contributed by atoms with van der Waals surface area (Å²) in [5.74, 6) is -1.86. The van der Waals surface area contributed by atoms with E-state index >= 15 is 0 Å². The molecule has 275 valence electrons. The van der Waals surface area contributed by atoms with Crippen LogP contribution in [0, 0.1) is 57.3 Å². The van der Waals surface area contributed by atoms with Crippen molar-refractivity contribution in [2.45, 2.75) is 26.7 Å². The Morgan fingerprint density at radius 1 is 0.667 bits per heavy atom. The number of hydrogen-bond acceptors (Lipinski definition) is 7. The van der Waals surface area contributed by atoms with Crippen LogP contribution in [-0.4, -0.2) is 32.4 Å². The summed E-state index contributed by atoms with van der Waals surface area (Å²) in [6, 6.07) is 43.7. The molecule has 8 nitrogen and oxygen atoms in total. The number of pyridine rings is 1. The number of halogens is 2. The molecule has 0 fully saturated rings. The minimum absolute atomic E-state index is 0. The molecule has 0 N–H and O–H groups in total. The maximum atomic E-state index is 13.7. The van der Waals surface area contributed by atoms with E-state index in [4.69, 9.17) is 0 Å². The first kappa shape index (κ1) is 36.7. The van der Waals surface area contributed by atoms with Gasteiger partial charge < -0.3 is 24.0 Å². The predicted octanol–water partition coefficient (Wildman–Crippen LogP) is 9.41. The molecular formula is C43H35F2IrN8-5. The molecule has 0 atom stereocenters. The summed E-state index contributed by atoms with van der Waals surface area (Å²) in [5.41, 5.74) is 9.63. The average Bonchev–Trinajstić information content (AvgIpc) is 3.85. The molecule has 2 aliphatic rings. The minimum Gasteiger partial charge on any atom is -0.501 e. The van der Waals surface area contributed by atoms with Crippen molar-refractivity contribution in [3.63, 3.8) is 0 Å². The number of nitrogens with zero attached hydrogens (tertiary/aromatic N) is 8. The Kier molecular flexibility index (Phi) is 11.0. The molecule has 9 rings (SSSR count). The van der Waals surface area contributed by atoms with Crippen molar-refractivity contribution in [1.29, 1.82) is 0 Å². The van der Waals surface area contributed by atoms with Crippen molar-refractivity contribution >= 4 is 39.8 Å². The van der Waals surface area contributed by atoms with Gasteiger partial charge in [-0.15, -0.1) is 17.4 Å². The van der Waals surface area contributed by atoms with Crippen LogP contribution in [0.2, 0.25) is 0 Å². The molecule has 0 amide bonds. The van der Waals surface area contributed by atoms with Crippen molar-refractivity contribution < 1.29 is 28.9 Å². The van der Waals surface area contributed by atoms with Crippen LogP contribution in [0.5, 0.6) is 0 Å². The van der Waals surface area contributed by atoms with Crippen LogP contribution in [0.3, 0.4) is 0 Å². The third-order valence-corrected chi connectivity index (χ3v) is 9.37. The van der Waals surface area contributed by atoms with Crippen molar-refractivity contribution in [3.05, 3.63) is 170 Å². The summed E-state index contributed by atoms with van der Waals surface area (Å²) in [4.78, 5) is 20.8. The number of benzene rings is 4. The van der Waals surface area contributed by atoms with Gasteiger partial charge in [-0.1, -0.05) is 35.9 Å². The van der Waals surface area contributed by atoms with Crippen molar-refractivity contribution in [2.24, 2.45) is 0 Å². The van der Waals surface area contributed by atoms with E-state index in [1.807, 2.05) is 38.1 Å². The Balaban J connectivity index is 0.000000191. The van der Waals surface area contributed by atoms with Crippen LogP contribution in [0.4, 0.5) is 42.9 Å². The maximum absolute atomic E-state index is 13.7. The Labute approximate surface area is 327 Å². The van der Waals surface area contributed by atoms with Gasteiger partial charge >= 0.3 is 0 Å². The Morgan fingerprint density at radius 3 is 1.72 bits per heavy atom. The molecule has 1 radical (unpaired) electrons. The fraction of sp³-hybridized carbons (Fsp3) is 0.140. The smallest absolute Gasteiger partial charge is 0.128 e. The van der Waals surface area contributed by atoms with Crippen LogP contribution in [0.1, 0.15) is 24.2 Å². The summed E-state index contributed by atoms with van der Waals surface area (Å²) in [7, 11) is 0. The summed E-state index contributed by atoms with van der Waals surface area (Å²) in [6.45, 7) is 10.1. The van der Waals surface area contributed by atoms with Gasteiger partial charge in [0.2, 0.25) is 0 Å². The number of rotatable bonds is 8. The third kappa shape index (κ3) is 7.29. The average molecular weight is 894 g/mol. The number of aryl methyl sites for hydroxylation is 2. The molecule has 0 unspecified atom stereocenters. The van der Waals surface area contributed by atoms with Gasteiger partial charge in [0, 0.05) is 66.6 Å². The second-order valence-corrected chi connectivity index (χ2v) is 12.7. The largest absolute Gasteiger partial charge is 0.501 e. The Hall–Kier alpha value is -5.64. The molecule has 2 aliphatic heterocycles. The fourth-order valence-electron chi connectivity index (χ4n) is 6.65. The Bertz CT molecular complexity index is 2260. The number of imidazole rings is 1. The molecule has 0 spiro atoms. The monoisotopic (exact) mass is 894 g/mol. The molecule has 5 heterocycles. The predicted molar refractivity (Wildman–Crippen MR) is 205 cm³/mol. The number of para-hydroxylation sites is 6.